The largest absolute Gasteiger partial charge is 0.482 e. The highest BCUT2D eigenvalue weighted by Crippen LogP contribution is 2.68. The average molecular weight is 681 g/mol. The van der Waals surface area contributed by atoms with Crippen molar-refractivity contribution in [1.82, 2.24) is 4.98 Å². The van der Waals surface area contributed by atoms with Crippen molar-refractivity contribution in [3.63, 3.8) is 0 Å². The summed E-state index contributed by atoms with van der Waals surface area (Å²) in [6.07, 6.45) is 3.08. The maximum atomic E-state index is 13.6. The normalized spacial score (nSPS) is 33.5. The number of esters is 2. The number of nitrogens with zero attached hydrogens (tertiary/aromatic N) is 1. The molecule has 2 saturated carbocycles. The molecule has 10 heteroatoms. The molecule has 3 aromatic rings. The highest BCUT2D eigenvalue weighted by atomic mass is 79.9. The molecule has 45 heavy (non-hydrogen) atoms. The van der Waals surface area contributed by atoms with Crippen molar-refractivity contribution in [3.05, 3.63) is 80.9 Å². The number of aromatic nitrogens is 1. The number of benzene rings is 1. The summed E-state index contributed by atoms with van der Waals surface area (Å²) >= 11 is 3.41. The van der Waals surface area contributed by atoms with E-state index in [0.717, 1.165) is 17.3 Å². The molecule has 1 aliphatic heterocycles. The Morgan fingerprint density at radius 2 is 1.89 bits per heavy atom. The number of fused-ring (bicyclic) bond motifs is 4. The van der Waals surface area contributed by atoms with E-state index in [0.29, 0.717) is 17.5 Å². The second-order valence-electron chi connectivity index (χ2n) is 13.5. The topological polar surface area (TPSA) is 125 Å². The molecule has 238 valence electrons. The summed E-state index contributed by atoms with van der Waals surface area (Å²) in [7, 11) is 0. The van der Waals surface area contributed by atoms with Gasteiger partial charge in [0.1, 0.15) is 28.8 Å². The number of hydrogen-bond acceptors (Lipinski definition) is 9. The third-order valence-electron chi connectivity index (χ3n) is 11.0. The van der Waals surface area contributed by atoms with Gasteiger partial charge in [-0.2, -0.15) is 0 Å². The summed E-state index contributed by atoms with van der Waals surface area (Å²) in [5.41, 5.74) is -1.99. The van der Waals surface area contributed by atoms with E-state index in [1.807, 2.05) is 6.92 Å². The van der Waals surface area contributed by atoms with E-state index in [9.17, 15) is 19.5 Å². The lowest BCUT2D eigenvalue weighted by Crippen LogP contribution is -2.70. The number of carbonyl (C=O) groups is 2. The van der Waals surface area contributed by atoms with E-state index in [1.165, 1.54) is 6.92 Å². The molecular formula is C35H38BrNO8. The van der Waals surface area contributed by atoms with E-state index in [4.69, 9.17) is 18.6 Å². The molecule has 2 fully saturated rings. The van der Waals surface area contributed by atoms with Gasteiger partial charge in [0.15, 0.2) is 0 Å². The molecule has 2 aromatic heterocycles. The number of carbonyl (C=O) groups excluding carboxylic acids is 2. The van der Waals surface area contributed by atoms with E-state index in [-0.39, 0.29) is 41.5 Å². The molecule has 0 saturated heterocycles. The molecule has 1 N–H and O–H groups in total. The van der Waals surface area contributed by atoms with Gasteiger partial charge >= 0.3 is 17.6 Å². The highest BCUT2D eigenvalue weighted by molar-refractivity contribution is 9.10. The van der Waals surface area contributed by atoms with Crippen LogP contribution in [0.5, 0.6) is 5.75 Å². The fourth-order valence-electron chi connectivity index (χ4n) is 8.48. The number of hydrogen-bond donors (Lipinski definition) is 1. The van der Waals surface area contributed by atoms with Crippen molar-refractivity contribution in [3.8, 4) is 17.1 Å². The van der Waals surface area contributed by atoms with Crippen LogP contribution in [0.2, 0.25) is 0 Å². The molecule has 2 aliphatic carbocycles. The minimum Gasteiger partial charge on any atom is -0.482 e. The van der Waals surface area contributed by atoms with Crippen molar-refractivity contribution in [2.75, 3.05) is 6.61 Å². The van der Waals surface area contributed by atoms with Crippen molar-refractivity contribution in [1.29, 1.82) is 0 Å². The maximum absolute atomic E-state index is 13.6. The molecule has 3 unspecified atom stereocenters. The molecule has 6 rings (SSSR count). The lowest BCUT2D eigenvalue weighted by molar-refractivity contribution is -0.257. The van der Waals surface area contributed by atoms with Crippen LogP contribution in [-0.2, 0) is 14.3 Å². The van der Waals surface area contributed by atoms with Gasteiger partial charge in [0.05, 0.1) is 18.3 Å². The van der Waals surface area contributed by atoms with Gasteiger partial charge in [-0.05, 0) is 79.8 Å². The van der Waals surface area contributed by atoms with Crippen LogP contribution in [-0.4, -0.2) is 40.3 Å². The fraction of sp³-hybridized carbons (Fsp3) is 0.486. The molecular weight excluding hydrogens is 642 g/mol. The summed E-state index contributed by atoms with van der Waals surface area (Å²) in [6, 6.07) is 12.0. The molecule has 0 amide bonds. The second-order valence-corrected chi connectivity index (χ2v) is 14.5. The molecule has 3 aliphatic rings. The van der Waals surface area contributed by atoms with Gasteiger partial charge in [-0.1, -0.05) is 36.7 Å². The Morgan fingerprint density at radius 3 is 2.56 bits per heavy atom. The zero-order valence-corrected chi connectivity index (χ0v) is 27.6. The molecule has 0 radical (unpaired) electrons. The quantitative estimate of drug-likeness (QED) is 0.300. The number of aliphatic hydroxyl groups excluding tert-OH is 1. The van der Waals surface area contributed by atoms with Crippen LogP contribution in [0, 0.1) is 28.6 Å². The number of pyridine rings is 1. The van der Waals surface area contributed by atoms with E-state index in [2.05, 4.69) is 41.7 Å². The zero-order chi connectivity index (χ0) is 32.3. The Balaban J connectivity index is 1.49. The number of rotatable bonds is 5. The average Bonchev–Trinajstić information content (AvgIpc) is 2.99. The van der Waals surface area contributed by atoms with Crippen LogP contribution < -0.4 is 10.4 Å². The first-order chi connectivity index (χ1) is 21.3. The predicted molar refractivity (Wildman–Crippen MR) is 168 cm³/mol. The van der Waals surface area contributed by atoms with Gasteiger partial charge in [-0.25, -0.2) is 9.59 Å². The Labute approximate surface area is 270 Å². The highest BCUT2D eigenvalue weighted by Gasteiger charge is 2.70. The van der Waals surface area contributed by atoms with Crippen LogP contribution >= 0.6 is 15.9 Å². The first-order valence-corrected chi connectivity index (χ1v) is 16.1. The summed E-state index contributed by atoms with van der Waals surface area (Å²) in [5.74, 6) is -1.09. The second kappa shape index (κ2) is 11.4. The summed E-state index contributed by atoms with van der Waals surface area (Å²) < 4.78 is 25.3. The van der Waals surface area contributed by atoms with E-state index >= 15 is 0 Å². The Bertz CT molecular complexity index is 1680. The summed E-state index contributed by atoms with van der Waals surface area (Å²) in [6.45, 7) is 9.82. The third-order valence-corrected chi connectivity index (χ3v) is 11.5. The molecule has 0 spiro atoms. The number of ether oxygens (including phenoxy) is 3. The monoisotopic (exact) mass is 679 g/mol. The molecule has 0 bridgehead atoms. The van der Waals surface area contributed by atoms with Crippen molar-refractivity contribution in [2.24, 2.45) is 28.6 Å². The van der Waals surface area contributed by atoms with E-state index < -0.39 is 46.2 Å². The van der Waals surface area contributed by atoms with Gasteiger partial charge in [0, 0.05) is 46.8 Å². The Hall–Kier alpha value is -3.50. The SMILES string of the molecule is CC(=O)OC[C@]1(C)C2C[C@H](OC(=O)c3ccc(Br)cc3)[C@@]3(C)Oc4cc(-c5cccnc5)oc(=O)c4C(O)C3[C@@]2(C)CC[C@@H]1C. The van der Waals surface area contributed by atoms with Crippen molar-refractivity contribution in [2.45, 2.75) is 71.7 Å². The number of aliphatic hydroxyl groups is 1. The Morgan fingerprint density at radius 1 is 1.16 bits per heavy atom. The summed E-state index contributed by atoms with van der Waals surface area (Å²) in [4.78, 5) is 43.3. The van der Waals surface area contributed by atoms with Gasteiger partial charge in [0.25, 0.3) is 0 Å². The maximum Gasteiger partial charge on any atom is 0.345 e. The lowest BCUT2D eigenvalue weighted by Gasteiger charge is -2.66. The number of halogens is 1. The minimum absolute atomic E-state index is 0.0466. The molecule has 1 aromatic carbocycles. The smallest absolute Gasteiger partial charge is 0.345 e. The van der Waals surface area contributed by atoms with Gasteiger partial charge in [-0.3, -0.25) is 9.78 Å². The molecule has 3 heterocycles. The minimum atomic E-state index is -1.27. The zero-order valence-electron chi connectivity index (χ0n) is 26.0. The predicted octanol–water partition coefficient (Wildman–Crippen LogP) is 6.52. The van der Waals surface area contributed by atoms with Crippen LogP contribution in [0.15, 0.2) is 68.5 Å². The third kappa shape index (κ3) is 5.19. The van der Waals surface area contributed by atoms with Gasteiger partial charge < -0.3 is 23.7 Å². The van der Waals surface area contributed by atoms with Crippen LogP contribution in [0.3, 0.4) is 0 Å². The first kappa shape index (κ1) is 31.5. The van der Waals surface area contributed by atoms with Gasteiger partial charge in [0.2, 0.25) is 0 Å². The molecule has 9 nitrogen and oxygen atoms in total. The summed E-state index contributed by atoms with van der Waals surface area (Å²) in [5, 5.41) is 12.2. The Kier molecular flexibility index (Phi) is 7.96. The van der Waals surface area contributed by atoms with Gasteiger partial charge in [-0.15, -0.1) is 0 Å². The lowest BCUT2D eigenvalue weighted by atomic mass is 9.41. The first-order valence-electron chi connectivity index (χ1n) is 15.3. The standard InChI is InChI=1S/C35H38BrNO8/c1-19-12-13-33(3)26(34(19,4)18-42-20(2)38)16-27(44-31(40)21-8-10-23(36)11-9-21)35(5)30(33)29(39)28-25(45-35)15-24(43-32(28)41)22-7-6-14-37-17-22/h6-11,14-15,17,19,26-27,29-30,39H,12-13,16,18H2,1-5H3/t19-,26?,27-,29?,30?,33-,34-,35+/m0/s1. The van der Waals surface area contributed by atoms with E-state index in [1.54, 1.807) is 54.9 Å². The van der Waals surface area contributed by atoms with Crippen molar-refractivity contribution < 1.29 is 33.3 Å². The van der Waals surface area contributed by atoms with Crippen LogP contribution in [0.4, 0.5) is 0 Å². The van der Waals surface area contributed by atoms with Crippen LogP contribution in [0.1, 0.15) is 75.9 Å². The van der Waals surface area contributed by atoms with Crippen LogP contribution in [0.25, 0.3) is 11.3 Å². The fourth-order valence-corrected chi connectivity index (χ4v) is 8.74. The molecule has 8 atom stereocenters. The van der Waals surface area contributed by atoms with Crippen molar-refractivity contribution >= 4 is 27.9 Å².